The summed E-state index contributed by atoms with van der Waals surface area (Å²) in [6.45, 7) is 0. The molecule has 0 radical (unpaired) electrons. The van der Waals surface area contributed by atoms with Gasteiger partial charge in [-0.3, -0.25) is 0 Å². The van der Waals surface area contributed by atoms with Gasteiger partial charge in [-0.2, -0.15) is 0 Å². The molecule has 0 saturated carbocycles. The van der Waals surface area contributed by atoms with Crippen molar-refractivity contribution in [1.29, 1.82) is 0 Å². The lowest BCUT2D eigenvalue weighted by Crippen LogP contribution is -1.96. The molecule has 9 nitrogen and oxygen atoms in total. The summed E-state index contributed by atoms with van der Waals surface area (Å²) in [6.07, 6.45) is 0. The van der Waals surface area contributed by atoms with Gasteiger partial charge in [-0.25, -0.2) is 29.9 Å². The first-order valence-electron chi connectivity index (χ1n) is 49.2. The van der Waals surface area contributed by atoms with Crippen molar-refractivity contribution >= 4 is 141 Å². The van der Waals surface area contributed by atoms with Gasteiger partial charge in [-0.15, -0.1) is 0 Å². The Morgan fingerprint density at radius 1 is 0.110 bits per heavy atom. The Kier molecular flexibility index (Phi) is 21.1. The molecule has 0 N–H and O–H groups in total. The van der Waals surface area contributed by atoms with E-state index in [-0.39, 0.29) is 0 Å². The predicted octanol–water partition coefficient (Wildman–Crippen LogP) is 35.5. The molecule has 0 amide bonds. The zero-order chi connectivity index (χ0) is 95.8. The highest BCUT2D eigenvalue weighted by Crippen LogP contribution is 2.44. The van der Waals surface area contributed by atoms with E-state index in [1.54, 1.807) is 0 Å². The largest absolute Gasteiger partial charge is 0.309 e. The van der Waals surface area contributed by atoms with Crippen molar-refractivity contribution in [2.75, 3.05) is 0 Å². The Morgan fingerprint density at radius 3 is 0.710 bits per heavy atom. The maximum atomic E-state index is 5.18. The van der Waals surface area contributed by atoms with E-state index in [2.05, 4.69) is 487 Å². The van der Waals surface area contributed by atoms with E-state index >= 15 is 0 Å². The fourth-order valence-electron chi connectivity index (χ4n) is 21.2. The molecular formula is C136H87N9. The maximum absolute atomic E-state index is 5.18. The van der Waals surface area contributed by atoms with Crippen LogP contribution in [0.15, 0.2) is 528 Å². The molecule has 676 valence electrons. The molecule has 0 unspecified atom stereocenters. The van der Waals surface area contributed by atoms with E-state index in [0.29, 0.717) is 17.5 Å². The molecule has 6 heterocycles. The molecular weight excluding hydrogens is 1760 g/mol. The highest BCUT2D eigenvalue weighted by molar-refractivity contribution is 6.17. The summed E-state index contributed by atoms with van der Waals surface area (Å²) < 4.78 is 7.18. The predicted molar refractivity (Wildman–Crippen MR) is 606 cm³/mol. The van der Waals surface area contributed by atoms with Gasteiger partial charge in [0.25, 0.3) is 0 Å². The average Bonchev–Trinajstić information content (AvgIpc) is 1.58. The summed E-state index contributed by atoms with van der Waals surface area (Å²) >= 11 is 0. The molecule has 0 atom stereocenters. The van der Waals surface area contributed by atoms with Crippen molar-refractivity contribution in [3.8, 4) is 130 Å². The van der Waals surface area contributed by atoms with E-state index in [4.69, 9.17) is 29.9 Å². The number of hydrogen-bond donors (Lipinski definition) is 0. The lowest BCUT2D eigenvalue weighted by Gasteiger charge is -2.12. The van der Waals surface area contributed by atoms with Crippen LogP contribution in [0.5, 0.6) is 0 Å². The van der Waals surface area contributed by atoms with Crippen molar-refractivity contribution < 1.29 is 0 Å². The SMILES string of the molecule is c1ccc(-c2cc(-c3ccc4ccccc4c3)nc(-c3ccc4ccc(-n5c6ccccc6c6cc7ccccc7cc65)cc4c3)n2)cc1.c1ccc(-c2cc(-c3ccccc3)nc(-c3ccc4ccc(-n5c6ccccc6c6cc7ccccc7cc65)cc4c3)n2)cc1.c1ccc(-c2cccc(-c3cc(-c4ccccc4)nc(-c4ccc5cc(-n6c7ccccc7c7cc8ccccc8cc76)ccc5c4)n3)c2)cc1. The highest BCUT2D eigenvalue weighted by Gasteiger charge is 2.23. The van der Waals surface area contributed by atoms with Gasteiger partial charge >= 0.3 is 0 Å². The summed E-state index contributed by atoms with van der Waals surface area (Å²) in [5, 5.41) is 24.4. The van der Waals surface area contributed by atoms with Gasteiger partial charge in [0.15, 0.2) is 17.5 Å². The van der Waals surface area contributed by atoms with Crippen molar-refractivity contribution in [1.82, 2.24) is 43.6 Å². The van der Waals surface area contributed by atoms with Gasteiger partial charge in [0.1, 0.15) is 0 Å². The third kappa shape index (κ3) is 15.9. The Morgan fingerprint density at radius 2 is 0.338 bits per heavy atom. The second-order valence-electron chi connectivity index (χ2n) is 37.3. The van der Waals surface area contributed by atoms with Gasteiger partial charge in [0.05, 0.1) is 67.3 Å². The molecule has 29 aromatic rings. The van der Waals surface area contributed by atoms with Crippen LogP contribution in [0.25, 0.3) is 271 Å². The van der Waals surface area contributed by atoms with Gasteiger partial charge in [0.2, 0.25) is 0 Å². The third-order valence-corrected chi connectivity index (χ3v) is 28.4. The lowest BCUT2D eigenvalue weighted by molar-refractivity contribution is 1.18. The Balaban J connectivity index is 0.000000108. The zero-order valence-corrected chi connectivity index (χ0v) is 78.8. The summed E-state index contributed by atoms with van der Waals surface area (Å²) in [5.74, 6) is 2.13. The van der Waals surface area contributed by atoms with Crippen LogP contribution >= 0.6 is 0 Å². The van der Waals surface area contributed by atoms with E-state index < -0.39 is 0 Å². The van der Waals surface area contributed by atoms with Crippen LogP contribution in [0.1, 0.15) is 0 Å². The molecule has 0 aliphatic heterocycles. The van der Waals surface area contributed by atoms with Gasteiger partial charge < -0.3 is 13.7 Å². The summed E-state index contributed by atoms with van der Waals surface area (Å²) in [6, 6.07) is 188. The number of hydrogen-bond acceptors (Lipinski definition) is 6. The Labute approximate surface area is 836 Å². The first-order chi connectivity index (χ1) is 71.8. The standard InChI is InChI=1S/C48H31N3.C46H29N3.C42H27N3/c1-3-12-32(13-4-1)34-18-11-19-39(26-34)45-31-44(33-14-5-2-6-15-33)49-48(50-45)40-23-22-38-28-41(25-24-37(38)27-40)51-46-21-10-9-20-42(46)43-29-35-16-7-8-17-36(35)30-47(43)51;1-2-11-32(12-3-1)42-29-43(36-20-18-30-10-4-5-13-33(30)24-36)48-46(47-42)37-21-19-31-22-23-39(26-38(31)25-37)49-44-17-9-8-16-40(44)41-27-34-14-6-7-15-35(34)28-45(41)49;1-3-11-29(12-4-1)38-27-39(30-13-5-2-6-14-30)44-42(43-38)33-20-19-28-21-22-35(24-34(28)23-33)45-40-18-10-9-17-36(40)37-25-31-15-7-8-16-32(31)26-41(37)45/h1-31H;1-29H;1-27H. The summed E-state index contributed by atoms with van der Waals surface area (Å²) in [5.41, 5.74) is 27.7. The number of benzene rings is 23. The molecule has 29 rings (SSSR count). The number of nitrogens with zero attached hydrogens (tertiary/aromatic N) is 9. The molecule has 9 heteroatoms. The second-order valence-corrected chi connectivity index (χ2v) is 37.3. The quantitative estimate of drug-likeness (QED) is 0.114. The van der Waals surface area contributed by atoms with Gasteiger partial charge in [-0.1, -0.05) is 388 Å². The number of rotatable bonds is 13. The number of para-hydroxylation sites is 3. The van der Waals surface area contributed by atoms with E-state index in [1.807, 2.05) is 54.6 Å². The van der Waals surface area contributed by atoms with Crippen LogP contribution in [-0.2, 0) is 0 Å². The van der Waals surface area contributed by atoms with Crippen LogP contribution in [0.3, 0.4) is 0 Å². The molecule has 0 fully saturated rings. The Hall–Kier alpha value is -19.5. The molecule has 0 saturated heterocycles. The lowest BCUT2D eigenvalue weighted by atomic mass is 10.0. The van der Waals surface area contributed by atoms with E-state index in [9.17, 15) is 0 Å². The summed E-state index contributed by atoms with van der Waals surface area (Å²) in [7, 11) is 0. The molecule has 145 heavy (non-hydrogen) atoms. The van der Waals surface area contributed by atoms with Crippen molar-refractivity contribution in [2.24, 2.45) is 0 Å². The topological polar surface area (TPSA) is 92.1 Å². The maximum Gasteiger partial charge on any atom is 0.160 e. The van der Waals surface area contributed by atoms with Crippen LogP contribution in [0.4, 0.5) is 0 Å². The van der Waals surface area contributed by atoms with E-state index in [1.165, 1.54) is 125 Å². The fraction of sp³-hybridized carbons (Fsp3) is 0. The zero-order valence-electron chi connectivity index (χ0n) is 78.8. The van der Waals surface area contributed by atoms with Crippen molar-refractivity contribution in [3.05, 3.63) is 528 Å². The van der Waals surface area contributed by atoms with Crippen LogP contribution in [0.2, 0.25) is 0 Å². The molecule has 0 aliphatic rings. The highest BCUT2D eigenvalue weighted by atomic mass is 15.0. The minimum Gasteiger partial charge on any atom is -0.309 e. The summed E-state index contributed by atoms with van der Waals surface area (Å²) in [4.78, 5) is 30.8. The van der Waals surface area contributed by atoms with Crippen LogP contribution in [-0.4, -0.2) is 43.6 Å². The molecule has 0 aliphatic carbocycles. The van der Waals surface area contributed by atoms with Gasteiger partial charge in [0, 0.05) is 99.5 Å². The van der Waals surface area contributed by atoms with Gasteiger partial charge in [-0.05, 0) is 226 Å². The molecule has 0 spiro atoms. The smallest absolute Gasteiger partial charge is 0.160 e. The normalized spacial score (nSPS) is 11.6. The second kappa shape index (κ2) is 36.1. The first kappa shape index (κ1) is 84.8. The number of aromatic nitrogens is 9. The van der Waals surface area contributed by atoms with Crippen LogP contribution in [0, 0.1) is 0 Å². The average molecular weight is 1850 g/mol. The minimum absolute atomic E-state index is 0.705. The monoisotopic (exact) mass is 1850 g/mol. The minimum atomic E-state index is 0.705. The Bertz CT molecular complexity index is 10100. The van der Waals surface area contributed by atoms with E-state index in [0.717, 1.165) is 128 Å². The molecule has 23 aromatic carbocycles. The van der Waals surface area contributed by atoms with Crippen molar-refractivity contribution in [2.45, 2.75) is 0 Å². The van der Waals surface area contributed by atoms with Crippen LogP contribution < -0.4 is 0 Å². The third-order valence-electron chi connectivity index (χ3n) is 28.4. The molecule has 6 aromatic heterocycles. The molecule has 0 bridgehead atoms. The first-order valence-corrected chi connectivity index (χ1v) is 49.2. The van der Waals surface area contributed by atoms with Crippen molar-refractivity contribution in [3.63, 3.8) is 0 Å². The fourth-order valence-corrected chi connectivity index (χ4v) is 21.2. The number of fused-ring (bicyclic) bond motifs is 16.